The highest BCUT2D eigenvalue weighted by Crippen LogP contribution is 2.41. The second-order valence-electron chi connectivity index (χ2n) is 8.12. The van der Waals surface area contributed by atoms with E-state index < -0.39 is 26.7 Å². The summed E-state index contributed by atoms with van der Waals surface area (Å²) in [5, 5.41) is 23.3. The van der Waals surface area contributed by atoms with Gasteiger partial charge >= 0.3 is 0 Å². The van der Waals surface area contributed by atoms with Crippen molar-refractivity contribution in [1.29, 1.82) is 0 Å². The summed E-state index contributed by atoms with van der Waals surface area (Å²) >= 11 is 12.2. The molecule has 9 nitrogen and oxygen atoms in total. The molecule has 0 unspecified atom stereocenters. The van der Waals surface area contributed by atoms with Crippen LogP contribution in [0.2, 0.25) is 10.0 Å². The van der Waals surface area contributed by atoms with Crippen molar-refractivity contribution in [3.63, 3.8) is 0 Å². The number of hydrogen-bond donors (Lipinski definition) is 3. The van der Waals surface area contributed by atoms with Gasteiger partial charge in [-0.1, -0.05) is 47.5 Å². The molecule has 38 heavy (non-hydrogen) atoms. The fourth-order valence-electron chi connectivity index (χ4n) is 3.77. The SMILES string of the molecule is CCOc1ccc(NC(=O)c2cc3ccccc3c(N=Nc3c(C)cc(Cl)cc3S(=O)(=O)O)c2O)cc1Cl. The van der Waals surface area contributed by atoms with Gasteiger partial charge in [-0.25, -0.2) is 0 Å². The zero-order valence-corrected chi connectivity index (χ0v) is 22.4. The zero-order valence-electron chi connectivity index (χ0n) is 20.1. The van der Waals surface area contributed by atoms with E-state index in [1.807, 2.05) is 6.92 Å². The fraction of sp³-hybridized carbons (Fsp3) is 0.115. The van der Waals surface area contributed by atoms with Crippen molar-refractivity contribution in [3.05, 3.63) is 81.8 Å². The summed E-state index contributed by atoms with van der Waals surface area (Å²) in [4.78, 5) is 12.6. The highest BCUT2D eigenvalue weighted by molar-refractivity contribution is 7.86. The van der Waals surface area contributed by atoms with Gasteiger partial charge in [-0.15, -0.1) is 10.2 Å². The first kappa shape index (κ1) is 27.3. The predicted molar refractivity (Wildman–Crippen MR) is 146 cm³/mol. The van der Waals surface area contributed by atoms with Gasteiger partial charge in [0.25, 0.3) is 16.0 Å². The average molecular weight is 574 g/mol. The van der Waals surface area contributed by atoms with Gasteiger partial charge in [0.05, 0.1) is 17.2 Å². The number of phenolic OH excluding ortho intramolecular Hbond substituents is 1. The minimum Gasteiger partial charge on any atom is -0.505 e. The summed E-state index contributed by atoms with van der Waals surface area (Å²) in [7, 11) is -4.69. The quantitative estimate of drug-likeness (QED) is 0.155. The van der Waals surface area contributed by atoms with Crippen LogP contribution in [-0.4, -0.2) is 30.6 Å². The number of nitrogens with zero attached hydrogens (tertiary/aromatic N) is 2. The monoisotopic (exact) mass is 573 g/mol. The van der Waals surface area contributed by atoms with E-state index in [2.05, 4.69) is 15.5 Å². The number of nitrogens with one attached hydrogen (secondary N) is 1. The number of carbonyl (C=O) groups excluding carboxylic acids is 1. The van der Waals surface area contributed by atoms with E-state index in [-0.39, 0.29) is 22.0 Å². The highest BCUT2D eigenvalue weighted by Gasteiger charge is 2.21. The van der Waals surface area contributed by atoms with E-state index in [4.69, 9.17) is 27.9 Å². The van der Waals surface area contributed by atoms with Gasteiger partial charge in [0, 0.05) is 16.1 Å². The summed E-state index contributed by atoms with van der Waals surface area (Å²) in [6.45, 7) is 3.79. The Kier molecular flexibility index (Phi) is 7.89. The van der Waals surface area contributed by atoms with Crippen LogP contribution in [-0.2, 0) is 10.1 Å². The molecule has 196 valence electrons. The number of ether oxygens (including phenoxy) is 1. The molecule has 12 heteroatoms. The Morgan fingerprint density at radius 3 is 2.42 bits per heavy atom. The Morgan fingerprint density at radius 2 is 1.74 bits per heavy atom. The van der Waals surface area contributed by atoms with Crippen LogP contribution in [0.1, 0.15) is 22.8 Å². The number of halogens is 2. The highest BCUT2D eigenvalue weighted by atomic mass is 35.5. The summed E-state index contributed by atoms with van der Waals surface area (Å²) in [5.41, 5.74) is 0.339. The lowest BCUT2D eigenvalue weighted by Gasteiger charge is -2.12. The van der Waals surface area contributed by atoms with E-state index in [9.17, 15) is 22.9 Å². The average Bonchev–Trinajstić information content (AvgIpc) is 2.85. The van der Waals surface area contributed by atoms with Crippen LogP contribution in [0.15, 0.2) is 75.8 Å². The number of aromatic hydroxyl groups is 1. The Bertz CT molecular complexity index is 1710. The number of amides is 1. The Labute approximate surface area is 228 Å². The van der Waals surface area contributed by atoms with E-state index in [1.54, 1.807) is 43.3 Å². The molecule has 4 rings (SSSR count). The van der Waals surface area contributed by atoms with Gasteiger partial charge in [-0.05, 0) is 61.2 Å². The number of azo groups is 1. The normalized spacial score (nSPS) is 11.7. The molecule has 0 heterocycles. The second-order valence-corrected chi connectivity index (χ2v) is 10.4. The lowest BCUT2D eigenvalue weighted by Crippen LogP contribution is -2.12. The lowest BCUT2D eigenvalue weighted by atomic mass is 10.0. The minimum absolute atomic E-state index is 0.0754. The first-order valence-corrected chi connectivity index (χ1v) is 13.4. The first-order chi connectivity index (χ1) is 18.0. The summed E-state index contributed by atoms with van der Waals surface area (Å²) in [6.07, 6.45) is 0. The molecule has 0 aromatic heterocycles. The molecule has 4 aromatic rings. The standard InChI is InChI=1S/C26H21Cl2N3O6S/c1-3-37-21-9-8-17(13-20(21)28)29-26(33)19-11-15-6-4-5-7-18(15)24(25(19)32)31-30-23-14(2)10-16(27)12-22(23)38(34,35)36/h4-13,32H,3H2,1-2H3,(H,29,33)(H,34,35,36). The molecular formula is C26H21Cl2N3O6S. The van der Waals surface area contributed by atoms with Crippen molar-refractivity contribution in [2.24, 2.45) is 10.2 Å². The van der Waals surface area contributed by atoms with Gasteiger partial charge in [0.15, 0.2) is 5.75 Å². The molecule has 4 aromatic carbocycles. The van der Waals surface area contributed by atoms with Crippen LogP contribution >= 0.6 is 23.2 Å². The predicted octanol–water partition coefficient (Wildman–Crippen LogP) is 7.47. The molecule has 0 spiro atoms. The largest absolute Gasteiger partial charge is 0.505 e. The number of aryl methyl sites for hydroxylation is 1. The molecule has 0 atom stereocenters. The third-order valence-electron chi connectivity index (χ3n) is 5.49. The van der Waals surface area contributed by atoms with Crippen molar-refractivity contribution in [2.75, 3.05) is 11.9 Å². The van der Waals surface area contributed by atoms with Crippen LogP contribution in [0.25, 0.3) is 10.8 Å². The van der Waals surface area contributed by atoms with Crippen LogP contribution in [0, 0.1) is 6.92 Å². The van der Waals surface area contributed by atoms with Gasteiger partial charge in [-0.2, -0.15) is 8.42 Å². The Morgan fingerprint density at radius 1 is 1.03 bits per heavy atom. The summed E-state index contributed by atoms with van der Waals surface area (Å²) < 4.78 is 38.9. The maximum absolute atomic E-state index is 13.2. The lowest BCUT2D eigenvalue weighted by molar-refractivity contribution is 0.102. The zero-order chi connectivity index (χ0) is 27.6. The van der Waals surface area contributed by atoms with Crippen molar-refractivity contribution in [2.45, 2.75) is 18.7 Å². The van der Waals surface area contributed by atoms with Crippen LogP contribution in [0.4, 0.5) is 17.1 Å². The Balaban J connectivity index is 1.80. The number of benzene rings is 4. The number of carbonyl (C=O) groups is 1. The van der Waals surface area contributed by atoms with Crippen LogP contribution in [0.3, 0.4) is 0 Å². The minimum atomic E-state index is -4.69. The maximum Gasteiger partial charge on any atom is 0.296 e. The topological polar surface area (TPSA) is 138 Å². The van der Waals surface area contributed by atoms with Gasteiger partial charge in [-0.3, -0.25) is 9.35 Å². The van der Waals surface area contributed by atoms with Crippen LogP contribution in [0.5, 0.6) is 11.5 Å². The van der Waals surface area contributed by atoms with Crippen molar-refractivity contribution in [1.82, 2.24) is 0 Å². The maximum atomic E-state index is 13.2. The smallest absolute Gasteiger partial charge is 0.296 e. The van der Waals surface area contributed by atoms with E-state index in [0.717, 1.165) is 6.07 Å². The fourth-order valence-corrected chi connectivity index (χ4v) is 5.07. The molecule has 1 amide bonds. The van der Waals surface area contributed by atoms with E-state index in [1.165, 1.54) is 18.2 Å². The third-order valence-corrected chi connectivity index (χ3v) is 6.87. The van der Waals surface area contributed by atoms with Crippen LogP contribution < -0.4 is 10.1 Å². The number of phenols is 1. The molecule has 0 bridgehead atoms. The summed E-state index contributed by atoms with van der Waals surface area (Å²) in [6, 6.07) is 15.6. The Hall–Kier alpha value is -3.70. The second kappa shape index (κ2) is 11.0. The molecule has 3 N–H and O–H groups in total. The van der Waals surface area contributed by atoms with E-state index in [0.29, 0.717) is 39.4 Å². The van der Waals surface area contributed by atoms with Gasteiger partial charge in [0.2, 0.25) is 0 Å². The molecule has 0 aliphatic heterocycles. The molecule has 0 saturated heterocycles. The first-order valence-electron chi connectivity index (χ1n) is 11.2. The van der Waals surface area contributed by atoms with Gasteiger partial charge < -0.3 is 15.2 Å². The molecule has 0 fully saturated rings. The van der Waals surface area contributed by atoms with Crippen molar-refractivity contribution >= 4 is 67.1 Å². The molecule has 0 radical (unpaired) electrons. The molecule has 0 saturated carbocycles. The molecule has 0 aliphatic rings. The number of anilines is 1. The van der Waals surface area contributed by atoms with Gasteiger partial charge in [0.1, 0.15) is 22.0 Å². The summed E-state index contributed by atoms with van der Waals surface area (Å²) in [5.74, 6) is -0.668. The molecule has 0 aliphatic carbocycles. The number of fused-ring (bicyclic) bond motifs is 1. The number of hydrogen-bond acceptors (Lipinski definition) is 7. The van der Waals surface area contributed by atoms with Crippen molar-refractivity contribution in [3.8, 4) is 11.5 Å². The van der Waals surface area contributed by atoms with E-state index >= 15 is 0 Å². The van der Waals surface area contributed by atoms with Crippen molar-refractivity contribution < 1.29 is 27.6 Å². The third kappa shape index (κ3) is 5.73. The molecular weight excluding hydrogens is 553 g/mol. The number of rotatable bonds is 7.